The van der Waals surface area contributed by atoms with Crippen LogP contribution in [-0.4, -0.2) is 79.7 Å². The molecule has 0 saturated carbocycles. The maximum atomic E-state index is 13.8. The summed E-state index contributed by atoms with van der Waals surface area (Å²) in [5.41, 5.74) is -1.06. The van der Waals surface area contributed by atoms with E-state index >= 15 is 0 Å². The Balaban J connectivity index is 1.32. The van der Waals surface area contributed by atoms with E-state index in [-0.39, 0.29) is 47.8 Å². The highest BCUT2D eigenvalue weighted by atomic mass is 35.5. The van der Waals surface area contributed by atoms with Crippen molar-refractivity contribution in [3.8, 4) is 11.5 Å². The van der Waals surface area contributed by atoms with E-state index in [9.17, 15) is 37.1 Å². The molecule has 3 N–H and O–H groups in total. The zero-order chi connectivity index (χ0) is 40.7. The van der Waals surface area contributed by atoms with Crippen molar-refractivity contribution in [3.63, 3.8) is 0 Å². The van der Waals surface area contributed by atoms with Gasteiger partial charge in [-0.1, -0.05) is 45.7 Å². The monoisotopic (exact) mass is 789 g/mol. The highest BCUT2D eigenvalue weighted by Crippen LogP contribution is 2.31. The first-order chi connectivity index (χ1) is 25.8. The van der Waals surface area contributed by atoms with Crippen LogP contribution in [0.25, 0.3) is 11.5 Å². The lowest BCUT2D eigenvalue weighted by atomic mass is 9.96. The Kier molecular flexibility index (Phi) is 14.2. The second kappa shape index (κ2) is 18.2. The van der Waals surface area contributed by atoms with Crippen molar-refractivity contribution < 1.29 is 41.6 Å². The third-order valence-corrected chi connectivity index (χ3v) is 9.53. The molecule has 1 fully saturated rings. The Bertz CT molecular complexity index is 1850. The lowest BCUT2D eigenvalue weighted by Gasteiger charge is -2.31. The van der Waals surface area contributed by atoms with Gasteiger partial charge in [-0.2, -0.15) is 13.2 Å². The number of nitrogens with one attached hydrogen (secondary N) is 3. The number of aromatic nitrogens is 3. The molecule has 1 saturated heterocycles. The SMILES string of the molecule is CC(C)C(NC(=O)[C@@H]1CCCN1C(=O)C(NC(=O)CCCCC(C)(C)NC(=O)c1cc(Cl)ccn1)C(C)C)C(=O)c1nnc(-c2ccc(C(F)(F)F)cc2)o1. The van der Waals surface area contributed by atoms with Crippen LogP contribution in [0, 0.1) is 11.8 Å². The molecular formula is C38H47ClF3N7O6. The van der Waals surface area contributed by atoms with Crippen molar-refractivity contribution in [2.45, 2.75) is 110 Å². The highest BCUT2D eigenvalue weighted by molar-refractivity contribution is 6.30. The molecule has 0 spiro atoms. The molecule has 0 radical (unpaired) electrons. The third kappa shape index (κ3) is 11.6. The lowest BCUT2D eigenvalue weighted by Crippen LogP contribution is -2.57. The largest absolute Gasteiger partial charge is 0.416 e. The van der Waals surface area contributed by atoms with Gasteiger partial charge in [0.2, 0.25) is 29.4 Å². The molecule has 3 atom stereocenters. The second-order valence-electron chi connectivity index (χ2n) is 15.0. The van der Waals surface area contributed by atoms with Crippen LogP contribution >= 0.6 is 11.6 Å². The molecular weight excluding hydrogens is 743 g/mol. The van der Waals surface area contributed by atoms with E-state index in [1.54, 1.807) is 33.8 Å². The fraction of sp³-hybridized carbons (Fsp3) is 0.526. The van der Waals surface area contributed by atoms with E-state index in [2.05, 4.69) is 31.1 Å². The van der Waals surface area contributed by atoms with Gasteiger partial charge in [-0.05, 0) is 87.8 Å². The van der Waals surface area contributed by atoms with Gasteiger partial charge < -0.3 is 25.3 Å². The van der Waals surface area contributed by atoms with Gasteiger partial charge in [-0.3, -0.25) is 29.0 Å². The Morgan fingerprint density at radius 1 is 0.945 bits per heavy atom. The maximum Gasteiger partial charge on any atom is 0.416 e. The molecule has 3 aromatic rings. The summed E-state index contributed by atoms with van der Waals surface area (Å²) in [6.07, 6.45) is -0.351. The minimum absolute atomic E-state index is 0.148. The van der Waals surface area contributed by atoms with Crippen LogP contribution in [0.1, 0.15) is 107 Å². The van der Waals surface area contributed by atoms with Crippen molar-refractivity contribution in [1.29, 1.82) is 0 Å². The van der Waals surface area contributed by atoms with E-state index in [0.29, 0.717) is 37.1 Å². The quantitative estimate of drug-likeness (QED) is 0.116. The molecule has 13 nitrogen and oxygen atoms in total. The molecule has 55 heavy (non-hydrogen) atoms. The molecule has 4 rings (SSSR count). The summed E-state index contributed by atoms with van der Waals surface area (Å²) in [7, 11) is 0. The number of carbonyl (C=O) groups is 5. The fourth-order valence-corrected chi connectivity index (χ4v) is 6.37. The number of carbonyl (C=O) groups excluding carboxylic acids is 5. The van der Waals surface area contributed by atoms with Gasteiger partial charge in [0, 0.05) is 35.3 Å². The number of likely N-dealkylation sites (tertiary alicyclic amines) is 1. The first-order valence-corrected chi connectivity index (χ1v) is 18.5. The van der Waals surface area contributed by atoms with Gasteiger partial charge in [0.1, 0.15) is 17.8 Å². The first kappa shape index (κ1) is 42.9. The molecule has 17 heteroatoms. The van der Waals surface area contributed by atoms with Crippen molar-refractivity contribution in [1.82, 2.24) is 36.0 Å². The summed E-state index contributed by atoms with van der Waals surface area (Å²) in [6, 6.07) is 4.17. The van der Waals surface area contributed by atoms with Gasteiger partial charge >= 0.3 is 6.18 Å². The summed E-state index contributed by atoms with van der Waals surface area (Å²) in [5.74, 6) is -3.67. The summed E-state index contributed by atoms with van der Waals surface area (Å²) in [5, 5.41) is 16.5. The third-order valence-electron chi connectivity index (χ3n) is 9.29. The van der Waals surface area contributed by atoms with Gasteiger partial charge in [0.05, 0.1) is 11.6 Å². The normalized spacial score (nSPS) is 15.9. The number of amides is 4. The summed E-state index contributed by atoms with van der Waals surface area (Å²) < 4.78 is 44.4. The number of alkyl halides is 3. The first-order valence-electron chi connectivity index (χ1n) is 18.2. The van der Waals surface area contributed by atoms with Crippen molar-refractivity contribution in [3.05, 3.63) is 64.8 Å². The number of benzene rings is 1. The number of ketones is 1. The molecule has 0 bridgehead atoms. The zero-order valence-corrected chi connectivity index (χ0v) is 32.4. The van der Waals surface area contributed by atoms with Crippen LogP contribution in [0.5, 0.6) is 0 Å². The summed E-state index contributed by atoms with van der Waals surface area (Å²) in [4.78, 5) is 72.1. The predicted molar refractivity (Wildman–Crippen MR) is 197 cm³/mol. The van der Waals surface area contributed by atoms with Crippen LogP contribution in [0.2, 0.25) is 5.02 Å². The Morgan fingerprint density at radius 3 is 2.24 bits per heavy atom. The smallest absolute Gasteiger partial charge is 0.414 e. The fourth-order valence-electron chi connectivity index (χ4n) is 6.21. The Labute approximate surface area is 322 Å². The number of hydrogen-bond acceptors (Lipinski definition) is 9. The van der Waals surface area contributed by atoms with Crippen molar-refractivity contribution in [2.75, 3.05) is 6.54 Å². The molecule has 3 heterocycles. The molecule has 1 aromatic carbocycles. The number of unbranched alkanes of at least 4 members (excludes halogenated alkanes) is 1. The van der Waals surface area contributed by atoms with Crippen molar-refractivity contribution >= 4 is 41.0 Å². The van der Waals surface area contributed by atoms with Gasteiger partial charge in [-0.25, -0.2) is 0 Å². The number of rotatable bonds is 16. The number of hydrogen-bond donors (Lipinski definition) is 3. The summed E-state index contributed by atoms with van der Waals surface area (Å²) in [6.45, 7) is 11.0. The molecule has 298 valence electrons. The number of halogens is 4. The van der Waals surface area contributed by atoms with Crippen LogP contribution < -0.4 is 16.0 Å². The van der Waals surface area contributed by atoms with Gasteiger partial charge in [0.25, 0.3) is 11.8 Å². The lowest BCUT2D eigenvalue weighted by molar-refractivity contribution is -0.142. The number of nitrogens with zero attached hydrogens (tertiary/aromatic N) is 4. The van der Waals surface area contributed by atoms with E-state index < -0.39 is 64.8 Å². The van der Waals surface area contributed by atoms with E-state index in [1.165, 1.54) is 17.2 Å². The van der Waals surface area contributed by atoms with E-state index in [0.717, 1.165) is 24.3 Å². The van der Waals surface area contributed by atoms with Crippen LogP contribution in [0.3, 0.4) is 0 Å². The predicted octanol–water partition coefficient (Wildman–Crippen LogP) is 6.03. The average molecular weight is 790 g/mol. The zero-order valence-electron chi connectivity index (χ0n) is 31.6. The molecule has 0 aliphatic carbocycles. The highest BCUT2D eigenvalue weighted by Gasteiger charge is 2.41. The molecule has 2 unspecified atom stereocenters. The molecule has 1 aliphatic rings. The molecule has 2 aromatic heterocycles. The minimum Gasteiger partial charge on any atom is -0.414 e. The van der Waals surface area contributed by atoms with E-state index in [4.69, 9.17) is 16.0 Å². The van der Waals surface area contributed by atoms with Gasteiger partial charge in [-0.15, -0.1) is 10.2 Å². The average Bonchev–Trinajstić information content (AvgIpc) is 3.81. The number of Topliss-reactive ketones (excluding diaryl/α,β-unsaturated/α-hetero) is 1. The van der Waals surface area contributed by atoms with Crippen molar-refractivity contribution in [2.24, 2.45) is 11.8 Å². The Hall–Kier alpha value is -4.86. The second-order valence-corrected chi connectivity index (χ2v) is 15.4. The topological polar surface area (TPSA) is 176 Å². The number of pyridine rings is 1. The molecule has 1 aliphatic heterocycles. The van der Waals surface area contributed by atoms with Crippen LogP contribution in [0.15, 0.2) is 47.0 Å². The van der Waals surface area contributed by atoms with E-state index in [1.807, 2.05) is 13.8 Å². The van der Waals surface area contributed by atoms with Crippen LogP contribution in [-0.2, 0) is 20.6 Å². The van der Waals surface area contributed by atoms with Gasteiger partial charge in [0.15, 0.2) is 0 Å². The summed E-state index contributed by atoms with van der Waals surface area (Å²) >= 11 is 5.97. The maximum absolute atomic E-state index is 13.8. The van der Waals surface area contributed by atoms with Crippen LogP contribution in [0.4, 0.5) is 13.2 Å². The molecule has 4 amide bonds. The minimum atomic E-state index is -4.53. The Morgan fingerprint density at radius 2 is 1.62 bits per heavy atom. The standard InChI is InChI=1S/C38H47ClF3N7O6/c1-21(2)29(31(51)35-48-47-34(55-35)23-12-14-24(15-13-23)38(40,41)42)45-33(53)27-10-9-19-49(27)36(54)30(22(3)4)44-28(50)11-7-8-17-37(5,6)46-32(52)26-20-25(39)16-18-43-26/h12-16,18,20-22,27,29-30H,7-11,17,19H2,1-6H3,(H,44,50)(H,45,53)(H,46,52)/t27-,29?,30?/m0/s1.